The summed E-state index contributed by atoms with van der Waals surface area (Å²) < 4.78 is 1.93. The third kappa shape index (κ3) is 3.29. The molecule has 0 aliphatic heterocycles. The molecule has 0 fully saturated rings. The van der Waals surface area contributed by atoms with E-state index in [1.54, 1.807) is 13.8 Å². The van der Waals surface area contributed by atoms with Gasteiger partial charge in [0.2, 0.25) is 21.7 Å². The molecule has 172 valence electrons. The first-order valence-corrected chi connectivity index (χ1v) is 11.2. The Balaban J connectivity index is 1.91. The van der Waals surface area contributed by atoms with E-state index in [1.807, 2.05) is 0 Å². The Kier molecular flexibility index (Phi) is 4.87. The number of aromatic nitrogens is 6. The lowest BCUT2D eigenvalue weighted by Crippen LogP contribution is -2.29. The summed E-state index contributed by atoms with van der Waals surface area (Å²) in [5.41, 5.74) is -2.65. The normalized spacial score (nSPS) is 11.6. The van der Waals surface area contributed by atoms with Crippen molar-refractivity contribution in [2.24, 2.45) is 0 Å². The number of benzene rings is 1. The number of hydrogen-bond donors (Lipinski definition) is 2. The van der Waals surface area contributed by atoms with Gasteiger partial charge in [0.25, 0.3) is 16.8 Å². The van der Waals surface area contributed by atoms with Gasteiger partial charge in [-0.3, -0.25) is 19.7 Å². The van der Waals surface area contributed by atoms with E-state index in [1.165, 1.54) is 18.2 Å². The third-order valence-electron chi connectivity index (χ3n) is 5.04. The van der Waals surface area contributed by atoms with Gasteiger partial charge in [-0.2, -0.15) is 29.2 Å². The number of fused-ring (bicyclic) bond motifs is 2. The molecule has 0 unspecified atom stereocenters. The molecule has 0 aliphatic rings. The quantitative estimate of drug-likeness (QED) is 0.273. The van der Waals surface area contributed by atoms with Gasteiger partial charge in [0, 0.05) is 12.1 Å². The zero-order valence-corrected chi connectivity index (χ0v) is 19.0. The fourth-order valence-corrected chi connectivity index (χ4v) is 5.14. The number of nitro benzene ring substituents is 1. The van der Waals surface area contributed by atoms with Crippen LogP contribution in [0.15, 0.2) is 33.9 Å². The van der Waals surface area contributed by atoms with E-state index in [-0.39, 0.29) is 21.2 Å². The van der Waals surface area contributed by atoms with Crippen molar-refractivity contribution in [2.75, 3.05) is 0 Å². The molecule has 5 aromatic rings. The van der Waals surface area contributed by atoms with Crippen LogP contribution in [0.1, 0.15) is 32.6 Å². The largest absolute Gasteiger partial charge is 0.493 e. The van der Waals surface area contributed by atoms with Crippen LogP contribution in [0.25, 0.3) is 9.92 Å². The number of nitrogens with zero attached hydrogens (tertiary/aromatic N) is 7. The third-order valence-corrected chi connectivity index (χ3v) is 6.69. The molecule has 0 radical (unpaired) electrons. The van der Waals surface area contributed by atoms with E-state index in [0.717, 1.165) is 37.8 Å². The first-order valence-electron chi connectivity index (χ1n) is 9.58. The monoisotopic (exact) mass is 499 g/mol. The number of nitro groups is 1. The maximum Gasteiger partial charge on any atom is 0.283 e. The zero-order valence-electron chi connectivity index (χ0n) is 17.4. The fraction of sp³-hybridized carbons (Fsp3) is 0.158. The molecule has 0 aliphatic carbocycles. The Morgan fingerprint density at radius 1 is 0.941 bits per heavy atom. The number of aromatic hydroxyl groups is 2. The van der Waals surface area contributed by atoms with Crippen LogP contribution in [-0.2, 0) is 0 Å². The standard InChI is InChI=1S/C19H13N7O6S2/c1-7-22-24-16(29)12(14(27)20-18(24)33-7)11(9-4-3-5-10(6-9)26(31)32)13-15(28)21-19-25(17(13)30)23-8(2)34-19/h3-6,11,27-28H,1-2H3. The summed E-state index contributed by atoms with van der Waals surface area (Å²) in [5.74, 6) is -2.87. The Morgan fingerprint density at radius 2 is 1.44 bits per heavy atom. The number of non-ortho nitro benzene ring substituents is 1. The van der Waals surface area contributed by atoms with Crippen LogP contribution >= 0.6 is 22.7 Å². The van der Waals surface area contributed by atoms with E-state index >= 15 is 0 Å². The number of rotatable bonds is 4. The summed E-state index contributed by atoms with van der Waals surface area (Å²) in [6.45, 7) is 3.29. The van der Waals surface area contributed by atoms with Gasteiger partial charge < -0.3 is 10.2 Å². The number of hydrogen-bond acceptors (Lipinski definition) is 12. The Hall–Kier alpha value is -4.24. The van der Waals surface area contributed by atoms with Crippen molar-refractivity contribution in [3.63, 3.8) is 0 Å². The summed E-state index contributed by atoms with van der Waals surface area (Å²) in [4.78, 5) is 45.9. The molecule has 1 aromatic carbocycles. The van der Waals surface area contributed by atoms with E-state index in [2.05, 4.69) is 20.2 Å². The minimum atomic E-state index is -1.46. The molecule has 4 aromatic heterocycles. The average molecular weight is 499 g/mol. The minimum Gasteiger partial charge on any atom is -0.493 e. The van der Waals surface area contributed by atoms with Gasteiger partial charge >= 0.3 is 0 Å². The van der Waals surface area contributed by atoms with Crippen LogP contribution in [0.2, 0.25) is 0 Å². The highest BCUT2D eigenvalue weighted by Gasteiger charge is 2.33. The molecular weight excluding hydrogens is 486 g/mol. The second kappa shape index (κ2) is 7.67. The van der Waals surface area contributed by atoms with Gasteiger partial charge in [-0.25, -0.2) is 0 Å². The maximum atomic E-state index is 13.4. The summed E-state index contributed by atoms with van der Waals surface area (Å²) in [5, 5.41) is 42.1. The van der Waals surface area contributed by atoms with Gasteiger partial charge in [-0.05, 0) is 19.4 Å². The van der Waals surface area contributed by atoms with Crippen LogP contribution in [0, 0.1) is 24.0 Å². The van der Waals surface area contributed by atoms with Gasteiger partial charge in [-0.1, -0.05) is 34.8 Å². The predicted octanol–water partition coefficient (Wildman–Crippen LogP) is 1.73. The second-order valence-corrected chi connectivity index (χ2v) is 9.54. The van der Waals surface area contributed by atoms with Gasteiger partial charge in [0.15, 0.2) is 0 Å². The Morgan fingerprint density at radius 3 is 1.91 bits per heavy atom. The molecule has 2 N–H and O–H groups in total. The lowest BCUT2D eigenvalue weighted by Gasteiger charge is -2.18. The van der Waals surface area contributed by atoms with E-state index in [9.17, 15) is 29.9 Å². The molecule has 0 amide bonds. The van der Waals surface area contributed by atoms with Crippen molar-refractivity contribution in [2.45, 2.75) is 19.8 Å². The van der Waals surface area contributed by atoms with Crippen LogP contribution in [-0.4, -0.2) is 44.3 Å². The highest BCUT2D eigenvalue weighted by Crippen LogP contribution is 2.37. The van der Waals surface area contributed by atoms with Crippen LogP contribution in [0.5, 0.6) is 11.8 Å². The topological polar surface area (TPSA) is 178 Å². The van der Waals surface area contributed by atoms with Gasteiger partial charge in [-0.15, -0.1) is 0 Å². The Bertz CT molecular complexity index is 1650. The first-order chi connectivity index (χ1) is 16.2. The fourth-order valence-electron chi connectivity index (χ4n) is 3.69. The SMILES string of the molecule is Cc1nn2c(=O)c(C(c3cccc([N+](=O)[O-])c3)c3c(O)nc4sc(C)nn4c3=O)c(O)nc2s1. The molecule has 13 nitrogen and oxygen atoms in total. The molecular formula is C19H13N7O6S2. The van der Waals surface area contributed by atoms with Crippen LogP contribution in [0.3, 0.4) is 0 Å². The van der Waals surface area contributed by atoms with Crippen molar-refractivity contribution in [3.05, 3.63) is 81.8 Å². The predicted molar refractivity (Wildman–Crippen MR) is 121 cm³/mol. The Labute approximate surface area is 196 Å². The van der Waals surface area contributed by atoms with Crippen molar-refractivity contribution in [3.8, 4) is 11.8 Å². The summed E-state index contributed by atoms with van der Waals surface area (Å²) >= 11 is 2.13. The average Bonchev–Trinajstić information content (AvgIpc) is 3.34. The molecule has 34 heavy (non-hydrogen) atoms. The smallest absolute Gasteiger partial charge is 0.283 e. The van der Waals surface area contributed by atoms with Crippen molar-refractivity contribution >= 4 is 38.3 Å². The molecule has 0 bridgehead atoms. The maximum absolute atomic E-state index is 13.4. The van der Waals surface area contributed by atoms with E-state index < -0.39 is 44.8 Å². The van der Waals surface area contributed by atoms with E-state index in [4.69, 9.17) is 0 Å². The summed E-state index contributed by atoms with van der Waals surface area (Å²) in [6, 6.07) is 5.17. The highest BCUT2D eigenvalue weighted by atomic mass is 32.1. The molecule has 0 saturated heterocycles. The highest BCUT2D eigenvalue weighted by molar-refractivity contribution is 7.16. The summed E-state index contributed by atoms with van der Waals surface area (Å²) in [6.07, 6.45) is 0. The van der Waals surface area contributed by atoms with Crippen LogP contribution < -0.4 is 11.1 Å². The van der Waals surface area contributed by atoms with E-state index in [0.29, 0.717) is 10.0 Å². The minimum absolute atomic E-state index is 0.0800. The molecule has 0 spiro atoms. The van der Waals surface area contributed by atoms with Crippen molar-refractivity contribution in [1.82, 2.24) is 29.2 Å². The molecule has 4 heterocycles. The van der Waals surface area contributed by atoms with Crippen molar-refractivity contribution in [1.29, 1.82) is 0 Å². The zero-order chi connectivity index (χ0) is 24.3. The van der Waals surface area contributed by atoms with Gasteiger partial charge in [0.05, 0.1) is 22.0 Å². The van der Waals surface area contributed by atoms with Crippen LogP contribution in [0.4, 0.5) is 5.69 Å². The summed E-state index contributed by atoms with van der Waals surface area (Å²) in [7, 11) is 0. The molecule has 15 heteroatoms. The lowest BCUT2D eigenvalue weighted by molar-refractivity contribution is -0.384. The second-order valence-electron chi connectivity index (χ2n) is 7.22. The molecule has 5 rings (SSSR count). The first kappa shape index (κ1) is 21.6. The molecule has 0 atom stereocenters. The van der Waals surface area contributed by atoms with Crippen molar-refractivity contribution < 1.29 is 15.1 Å². The number of aryl methyl sites for hydroxylation is 2. The molecule has 0 saturated carbocycles. The van der Waals surface area contributed by atoms with Gasteiger partial charge in [0.1, 0.15) is 10.0 Å². The lowest BCUT2D eigenvalue weighted by atomic mass is 9.86.